The van der Waals surface area contributed by atoms with Crippen molar-refractivity contribution in [2.75, 3.05) is 43.0 Å². The molecule has 1 N–H and O–H groups in total. The fraction of sp³-hybridized carbons (Fsp3) is 0.562. The Morgan fingerprint density at radius 2 is 2.00 bits per heavy atom. The highest BCUT2D eigenvalue weighted by atomic mass is 35.5. The molecular formula is C16H22ClN3O2S2. The molecule has 1 aromatic carbocycles. The molecule has 0 aromatic heterocycles. The molecule has 0 radical (unpaired) electrons. The van der Waals surface area contributed by atoms with Crippen LogP contribution in [0.5, 0.6) is 0 Å². The summed E-state index contributed by atoms with van der Waals surface area (Å²) < 4.78 is 23.3. The Hall–Kier alpha value is -0.890. The lowest BCUT2D eigenvalue weighted by atomic mass is 10.2. The zero-order chi connectivity index (χ0) is 17.3. The summed E-state index contributed by atoms with van der Waals surface area (Å²) in [7, 11) is -2.83. The fourth-order valence-corrected chi connectivity index (χ4v) is 5.47. The number of thiocarbonyl (C=S) groups is 1. The molecule has 132 valence electrons. The molecular weight excluding hydrogens is 366 g/mol. The molecule has 0 unspecified atom stereocenters. The van der Waals surface area contributed by atoms with Crippen molar-refractivity contribution in [3.8, 4) is 0 Å². The van der Waals surface area contributed by atoms with E-state index in [4.69, 9.17) is 23.8 Å². The van der Waals surface area contributed by atoms with Crippen LogP contribution in [0.3, 0.4) is 0 Å². The summed E-state index contributed by atoms with van der Waals surface area (Å²) in [5, 5.41) is 4.64. The third kappa shape index (κ3) is 4.20. The third-order valence-corrected chi connectivity index (χ3v) is 7.27. The number of hydrogen-bond donors (Lipinski definition) is 1. The molecule has 2 fully saturated rings. The molecule has 0 spiro atoms. The Morgan fingerprint density at radius 1 is 1.29 bits per heavy atom. The monoisotopic (exact) mass is 387 g/mol. The van der Waals surface area contributed by atoms with Gasteiger partial charge in [-0.1, -0.05) is 17.7 Å². The Morgan fingerprint density at radius 3 is 2.58 bits per heavy atom. The van der Waals surface area contributed by atoms with Crippen molar-refractivity contribution in [1.82, 2.24) is 9.80 Å². The molecule has 8 heteroatoms. The molecule has 0 aliphatic carbocycles. The summed E-state index contributed by atoms with van der Waals surface area (Å²) in [5.74, 6) is 0.629. The van der Waals surface area contributed by atoms with Crippen molar-refractivity contribution in [3.05, 3.63) is 28.8 Å². The maximum atomic E-state index is 11.6. The minimum absolute atomic E-state index is 0.176. The van der Waals surface area contributed by atoms with Gasteiger partial charge in [-0.25, -0.2) is 8.42 Å². The quantitative estimate of drug-likeness (QED) is 0.785. The van der Waals surface area contributed by atoms with E-state index in [1.807, 2.05) is 25.1 Å². The molecule has 5 nitrogen and oxygen atoms in total. The van der Waals surface area contributed by atoms with Crippen LogP contribution in [0.1, 0.15) is 12.0 Å². The van der Waals surface area contributed by atoms with Gasteiger partial charge in [0.15, 0.2) is 14.9 Å². The van der Waals surface area contributed by atoms with Crippen LogP contribution < -0.4 is 5.32 Å². The lowest BCUT2D eigenvalue weighted by Gasteiger charge is -2.38. The van der Waals surface area contributed by atoms with Crippen LogP contribution in [0.4, 0.5) is 5.69 Å². The first-order valence-electron chi connectivity index (χ1n) is 8.11. The Balaban J connectivity index is 1.52. The maximum Gasteiger partial charge on any atom is 0.173 e. The second-order valence-corrected chi connectivity index (χ2v) is 9.50. The van der Waals surface area contributed by atoms with Crippen LogP contribution in [0.2, 0.25) is 5.02 Å². The van der Waals surface area contributed by atoms with Crippen LogP contribution in [-0.4, -0.2) is 67.1 Å². The lowest BCUT2D eigenvalue weighted by molar-refractivity contribution is 0.144. The van der Waals surface area contributed by atoms with E-state index in [-0.39, 0.29) is 6.04 Å². The number of sulfone groups is 1. The van der Waals surface area contributed by atoms with E-state index in [0.717, 1.165) is 48.9 Å². The zero-order valence-electron chi connectivity index (χ0n) is 13.7. The predicted octanol–water partition coefficient (Wildman–Crippen LogP) is 2.15. The van der Waals surface area contributed by atoms with E-state index in [2.05, 4.69) is 15.1 Å². The van der Waals surface area contributed by atoms with Crippen LogP contribution >= 0.6 is 23.8 Å². The largest absolute Gasteiger partial charge is 0.346 e. The number of nitrogens with one attached hydrogen (secondary N) is 1. The number of halogens is 1. The highest BCUT2D eigenvalue weighted by molar-refractivity contribution is 7.91. The fourth-order valence-electron chi connectivity index (χ4n) is 3.23. The van der Waals surface area contributed by atoms with E-state index in [0.29, 0.717) is 16.6 Å². The van der Waals surface area contributed by atoms with Gasteiger partial charge < -0.3 is 10.2 Å². The summed E-state index contributed by atoms with van der Waals surface area (Å²) in [4.78, 5) is 4.41. The third-order valence-electron chi connectivity index (χ3n) is 4.75. The first-order valence-corrected chi connectivity index (χ1v) is 10.7. The SMILES string of the molecule is Cc1ccc(NC(=S)N2CCN([C@H]3CCS(=O)(=O)C3)CC2)cc1Cl. The molecule has 0 bridgehead atoms. The molecule has 3 rings (SSSR count). The Bertz CT molecular complexity index is 731. The summed E-state index contributed by atoms with van der Waals surface area (Å²) in [6.07, 6.45) is 0.757. The minimum Gasteiger partial charge on any atom is -0.346 e. The average Bonchev–Trinajstić information content (AvgIpc) is 2.91. The van der Waals surface area contributed by atoms with E-state index < -0.39 is 9.84 Å². The van der Waals surface area contributed by atoms with Crippen molar-refractivity contribution in [1.29, 1.82) is 0 Å². The van der Waals surface area contributed by atoms with Crippen molar-refractivity contribution in [2.24, 2.45) is 0 Å². The summed E-state index contributed by atoms with van der Waals surface area (Å²) in [6.45, 7) is 5.27. The molecule has 1 atom stereocenters. The van der Waals surface area contributed by atoms with Gasteiger partial charge in [-0.3, -0.25) is 4.90 Å². The molecule has 2 saturated heterocycles. The number of hydrogen-bond acceptors (Lipinski definition) is 4. The van der Waals surface area contributed by atoms with Crippen molar-refractivity contribution >= 4 is 44.5 Å². The van der Waals surface area contributed by atoms with Gasteiger partial charge in [-0.15, -0.1) is 0 Å². The van der Waals surface area contributed by atoms with Crippen LogP contribution in [0, 0.1) is 6.92 Å². The van der Waals surface area contributed by atoms with E-state index in [9.17, 15) is 8.42 Å². The second-order valence-electron chi connectivity index (χ2n) is 6.47. The Labute approximate surface area is 153 Å². The van der Waals surface area contributed by atoms with Gasteiger partial charge >= 0.3 is 0 Å². The standard InChI is InChI=1S/C16H22ClN3O2S2/c1-12-2-3-13(10-15(12)17)18-16(23)20-7-5-19(6-8-20)14-4-9-24(21,22)11-14/h2-3,10,14H,4-9,11H2,1H3,(H,18,23)/t14-/m0/s1. The number of benzene rings is 1. The first kappa shape index (κ1) is 17.9. The molecule has 2 aliphatic rings. The van der Waals surface area contributed by atoms with E-state index in [1.54, 1.807) is 0 Å². The first-order chi connectivity index (χ1) is 11.3. The minimum atomic E-state index is -2.83. The molecule has 2 heterocycles. The van der Waals surface area contributed by atoms with Crippen LogP contribution in [0.15, 0.2) is 18.2 Å². The lowest BCUT2D eigenvalue weighted by Crippen LogP contribution is -2.53. The zero-order valence-corrected chi connectivity index (χ0v) is 16.1. The van der Waals surface area contributed by atoms with E-state index in [1.165, 1.54) is 0 Å². The highest BCUT2D eigenvalue weighted by Crippen LogP contribution is 2.22. The summed E-state index contributed by atoms with van der Waals surface area (Å²) in [5.41, 5.74) is 1.92. The molecule has 2 aliphatic heterocycles. The van der Waals surface area contributed by atoms with Gasteiger partial charge in [-0.05, 0) is 43.3 Å². The van der Waals surface area contributed by atoms with Gasteiger partial charge in [0, 0.05) is 42.9 Å². The number of rotatable bonds is 2. The Kier molecular flexibility index (Phi) is 5.34. The average molecular weight is 388 g/mol. The molecule has 0 saturated carbocycles. The summed E-state index contributed by atoms with van der Waals surface area (Å²) >= 11 is 11.6. The van der Waals surface area contributed by atoms with Gasteiger partial charge in [0.1, 0.15) is 0 Å². The normalized spacial score (nSPS) is 24.1. The van der Waals surface area contributed by atoms with Gasteiger partial charge in [0.2, 0.25) is 0 Å². The molecule has 0 amide bonds. The van der Waals surface area contributed by atoms with Crippen molar-refractivity contribution < 1.29 is 8.42 Å². The van der Waals surface area contributed by atoms with Gasteiger partial charge in [0.25, 0.3) is 0 Å². The number of nitrogens with zero attached hydrogens (tertiary/aromatic N) is 2. The molecule has 24 heavy (non-hydrogen) atoms. The van der Waals surface area contributed by atoms with Crippen LogP contribution in [-0.2, 0) is 9.84 Å². The number of piperazine rings is 1. The van der Waals surface area contributed by atoms with Gasteiger partial charge in [0.05, 0.1) is 11.5 Å². The van der Waals surface area contributed by atoms with Gasteiger partial charge in [-0.2, -0.15) is 0 Å². The topological polar surface area (TPSA) is 52.6 Å². The number of anilines is 1. The maximum absolute atomic E-state index is 11.6. The highest BCUT2D eigenvalue weighted by Gasteiger charge is 2.33. The molecule has 1 aromatic rings. The summed E-state index contributed by atoms with van der Waals surface area (Å²) in [6, 6.07) is 5.98. The number of aryl methyl sites for hydroxylation is 1. The van der Waals surface area contributed by atoms with Crippen molar-refractivity contribution in [3.63, 3.8) is 0 Å². The smallest absolute Gasteiger partial charge is 0.173 e. The van der Waals surface area contributed by atoms with Crippen LogP contribution in [0.25, 0.3) is 0 Å². The van der Waals surface area contributed by atoms with E-state index >= 15 is 0 Å². The van der Waals surface area contributed by atoms with Crippen molar-refractivity contribution in [2.45, 2.75) is 19.4 Å². The second kappa shape index (κ2) is 7.15. The predicted molar refractivity (Wildman–Crippen MR) is 103 cm³/mol.